The van der Waals surface area contributed by atoms with Crippen molar-refractivity contribution in [2.45, 2.75) is 25.2 Å². The molecule has 1 aliphatic rings. The maximum atomic E-state index is 14.5. The highest BCUT2D eigenvalue weighted by Gasteiger charge is 2.32. The molecule has 1 fully saturated rings. The highest BCUT2D eigenvalue weighted by molar-refractivity contribution is 5.84. The Kier molecular flexibility index (Phi) is 5.06. The molecule has 5 aromatic rings. The molecule has 12 heteroatoms. The molecule has 6 rings (SSSR count). The zero-order valence-corrected chi connectivity index (χ0v) is 18.4. The number of ether oxygens (including phenoxy) is 1. The summed E-state index contributed by atoms with van der Waals surface area (Å²) in [6.45, 7) is 0.611. The van der Waals surface area contributed by atoms with E-state index in [4.69, 9.17) is 4.98 Å². The van der Waals surface area contributed by atoms with E-state index in [2.05, 4.69) is 19.8 Å². The SMILES string of the molecule is Fc1ccc(F)c([C@H]2CCCN2c2ccn3ncc(-c4nc5cc(OC(F)(F)F)ccc5[nH]4)c3n2)c1. The molecule has 1 N–H and O–H groups in total. The number of hydrogen-bond donors (Lipinski definition) is 1. The van der Waals surface area contributed by atoms with Crippen LogP contribution in [0.2, 0.25) is 0 Å². The summed E-state index contributed by atoms with van der Waals surface area (Å²) in [6.07, 6.45) is -0.130. The van der Waals surface area contributed by atoms with E-state index in [1.54, 1.807) is 18.5 Å². The van der Waals surface area contributed by atoms with Gasteiger partial charge in [-0.25, -0.2) is 23.3 Å². The molecule has 36 heavy (non-hydrogen) atoms. The first-order valence-corrected chi connectivity index (χ1v) is 11.1. The van der Waals surface area contributed by atoms with Crippen molar-refractivity contribution in [1.82, 2.24) is 24.6 Å². The number of nitrogens with zero attached hydrogens (tertiary/aromatic N) is 5. The van der Waals surface area contributed by atoms with Gasteiger partial charge in [-0.15, -0.1) is 13.2 Å². The van der Waals surface area contributed by atoms with Crippen molar-refractivity contribution in [3.8, 4) is 17.1 Å². The van der Waals surface area contributed by atoms with Crippen LogP contribution >= 0.6 is 0 Å². The van der Waals surface area contributed by atoms with Crippen molar-refractivity contribution >= 4 is 22.5 Å². The number of aromatic amines is 1. The van der Waals surface area contributed by atoms with Gasteiger partial charge >= 0.3 is 6.36 Å². The third-order valence-corrected chi connectivity index (χ3v) is 6.16. The number of rotatable bonds is 4. The van der Waals surface area contributed by atoms with Crippen molar-refractivity contribution < 1.29 is 26.7 Å². The first kappa shape index (κ1) is 22.3. The molecule has 0 spiro atoms. The molecule has 0 aliphatic carbocycles. The van der Waals surface area contributed by atoms with Crippen LogP contribution in [0.3, 0.4) is 0 Å². The van der Waals surface area contributed by atoms with Gasteiger partial charge in [0.05, 0.1) is 28.8 Å². The Morgan fingerprint density at radius 2 is 1.89 bits per heavy atom. The van der Waals surface area contributed by atoms with E-state index < -0.39 is 18.0 Å². The molecule has 184 valence electrons. The van der Waals surface area contributed by atoms with Crippen molar-refractivity contribution in [3.63, 3.8) is 0 Å². The number of anilines is 1. The lowest BCUT2D eigenvalue weighted by Gasteiger charge is -2.26. The van der Waals surface area contributed by atoms with E-state index in [0.29, 0.717) is 41.3 Å². The molecule has 7 nitrogen and oxygen atoms in total. The molecule has 4 heterocycles. The van der Waals surface area contributed by atoms with Crippen molar-refractivity contribution in [1.29, 1.82) is 0 Å². The van der Waals surface area contributed by atoms with Gasteiger partial charge in [-0.05, 0) is 49.2 Å². The van der Waals surface area contributed by atoms with Crippen LogP contribution in [0.1, 0.15) is 24.4 Å². The normalized spacial score (nSPS) is 16.4. The molecule has 3 aromatic heterocycles. The standard InChI is InChI=1S/C24H17F5N6O/c25-13-3-5-17(26)15(10-13)20-2-1-8-34(20)21-7-9-35-23(33-21)16(12-30-35)22-31-18-6-4-14(11-19(18)32-22)36-24(27,28)29/h3-7,9-12,20H,1-2,8H2,(H,31,32)/t20-/m1/s1. The van der Waals surface area contributed by atoms with E-state index in [-0.39, 0.29) is 22.9 Å². The molecule has 0 saturated carbocycles. The van der Waals surface area contributed by atoms with E-state index in [0.717, 1.165) is 18.6 Å². The molecule has 1 atom stereocenters. The second kappa shape index (κ2) is 8.18. The average molecular weight is 500 g/mol. The Morgan fingerprint density at radius 1 is 1.03 bits per heavy atom. The Morgan fingerprint density at radius 3 is 2.72 bits per heavy atom. The second-order valence-corrected chi connectivity index (χ2v) is 8.44. The maximum absolute atomic E-state index is 14.5. The first-order chi connectivity index (χ1) is 17.2. The molecule has 0 unspecified atom stereocenters. The number of benzene rings is 2. The highest BCUT2D eigenvalue weighted by atomic mass is 19.4. The largest absolute Gasteiger partial charge is 0.573 e. The van der Waals surface area contributed by atoms with Crippen LogP contribution in [0.15, 0.2) is 54.9 Å². The number of alkyl halides is 3. The van der Waals surface area contributed by atoms with Crippen molar-refractivity contribution in [2.24, 2.45) is 0 Å². The summed E-state index contributed by atoms with van der Waals surface area (Å²) in [5.41, 5.74) is 2.04. The molecule has 0 amide bonds. The average Bonchev–Trinajstić information content (AvgIpc) is 3.56. The molecular weight excluding hydrogens is 483 g/mol. The molecular formula is C24H17F5N6O. The van der Waals surface area contributed by atoms with Crippen LogP contribution in [0.25, 0.3) is 28.1 Å². The second-order valence-electron chi connectivity index (χ2n) is 8.44. The van der Waals surface area contributed by atoms with Gasteiger partial charge in [-0.2, -0.15) is 5.10 Å². The minimum Gasteiger partial charge on any atom is -0.406 e. The Balaban J connectivity index is 1.37. The Labute approximate surface area is 200 Å². The van der Waals surface area contributed by atoms with Crippen LogP contribution in [-0.2, 0) is 0 Å². The van der Waals surface area contributed by atoms with Crippen molar-refractivity contribution in [3.05, 3.63) is 72.1 Å². The number of nitrogens with one attached hydrogen (secondary N) is 1. The topological polar surface area (TPSA) is 71.3 Å². The van der Waals surface area contributed by atoms with E-state index >= 15 is 0 Å². The summed E-state index contributed by atoms with van der Waals surface area (Å²) in [6, 6.07) is 8.64. The smallest absolute Gasteiger partial charge is 0.406 e. The summed E-state index contributed by atoms with van der Waals surface area (Å²) < 4.78 is 71.6. The van der Waals surface area contributed by atoms with Crippen LogP contribution < -0.4 is 9.64 Å². The lowest BCUT2D eigenvalue weighted by Crippen LogP contribution is -2.24. The molecule has 1 aliphatic heterocycles. The fourth-order valence-electron chi connectivity index (χ4n) is 4.63. The van der Waals surface area contributed by atoms with Crippen LogP contribution in [-0.4, -0.2) is 37.5 Å². The number of halogens is 5. The van der Waals surface area contributed by atoms with Crippen LogP contribution in [0, 0.1) is 11.6 Å². The summed E-state index contributed by atoms with van der Waals surface area (Å²) in [4.78, 5) is 14.1. The lowest BCUT2D eigenvalue weighted by molar-refractivity contribution is -0.274. The maximum Gasteiger partial charge on any atom is 0.573 e. The third-order valence-electron chi connectivity index (χ3n) is 6.16. The first-order valence-electron chi connectivity index (χ1n) is 11.1. The lowest BCUT2D eigenvalue weighted by atomic mass is 10.0. The number of hydrogen-bond acceptors (Lipinski definition) is 5. The number of imidazole rings is 1. The van der Waals surface area contributed by atoms with Crippen LogP contribution in [0.4, 0.5) is 27.8 Å². The minimum absolute atomic E-state index is 0.275. The van der Waals surface area contributed by atoms with E-state index in [9.17, 15) is 22.0 Å². The van der Waals surface area contributed by atoms with Gasteiger partial charge in [0, 0.05) is 24.4 Å². The monoisotopic (exact) mass is 500 g/mol. The van der Waals surface area contributed by atoms with E-state index in [1.807, 2.05) is 4.90 Å². The number of aromatic nitrogens is 5. The summed E-state index contributed by atoms with van der Waals surface area (Å²) in [5.74, 6) is -0.433. The molecule has 0 bridgehead atoms. The van der Waals surface area contributed by atoms with Gasteiger partial charge in [-0.3, -0.25) is 0 Å². The zero-order valence-electron chi connectivity index (χ0n) is 18.4. The quantitative estimate of drug-likeness (QED) is 0.316. The molecule has 0 radical (unpaired) electrons. The number of fused-ring (bicyclic) bond motifs is 2. The van der Waals surface area contributed by atoms with Gasteiger partial charge in [0.15, 0.2) is 5.65 Å². The van der Waals surface area contributed by atoms with Gasteiger partial charge in [0.2, 0.25) is 0 Å². The summed E-state index contributed by atoms with van der Waals surface area (Å²) in [7, 11) is 0. The van der Waals surface area contributed by atoms with E-state index in [1.165, 1.54) is 28.8 Å². The van der Waals surface area contributed by atoms with Gasteiger partial charge in [0.25, 0.3) is 0 Å². The highest BCUT2D eigenvalue weighted by Crippen LogP contribution is 2.37. The predicted molar refractivity (Wildman–Crippen MR) is 120 cm³/mol. The van der Waals surface area contributed by atoms with Gasteiger partial charge < -0.3 is 14.6 Å². The Bertz CT molecular complexity index is 1590. The predicted octanol–water partition coefficient (Wildman–Crippen LogP) is 5.79. The van der Waals surface area contributed by atoms with Gasteiger partial charge in [0.1, 0.15) is 29.0 Å². The summed E-state index contributed by atoms with van der Waals surface area (Å²) in [5, 5.41) is 4.29. The number of H-pyrrole nitrogens is 1. The fourth-order valence-corrected chi connectivity index (χ4v) is 4.63. The van der Waals surface area contributed by atoms with Crippen LogP contribution in [0.5, 0.6) is 5.75 Å². The van der Waals surface area contributed by atoms with Gasteiger partial charge in [-0.1, -0.05) is 0 Å². The zero-order chi connectivity index (χ0) is 25.0. The fraction of sp³-hybridized carbons (Fsp3) is 0.208. The Hall–Kier alpha value is -4.22. The molecule has 2 aromatic carbocycles. The minimum atomic E-state index is -4.81. The third kappa shape index (κ3) is 3.97. The summed E-state index contributed by atoms with van der Waals surface area (Å²) >= 11 is 0. The van der Waals surface area contributed by atoms with Crippen molar-refractivity contribution in [2.75, 3.05) is 11.4 Å². The molecule has 1 saturated heterocycles.